The zero-order chi connectivity index (χ0) is 21.2. The van der Waals surface area contributed by atoms with Crippen molar-refractivity contribution >= 4 is 23.4 Å². The van der Waals surface area contributed by atoms with Crippen LogP contribution >= 0.6 is 0 Å². The summed E-state index contributed by atoms with van der Waals surface area (Å²) >= 11 is 0. The second-order valence-electron chi connectivity index (χ2n) is 9.97. The van der Waals surface area contributed by atoms with E-state index in [2.05, 4.69) is 27.5 Å². The van der Waals surface area contributed by atoms with Crippen molar-refractivity contribution in [2.24, 2.45) is 23.2 Å². The van der Waals surface area contributed by atoms with E-state index < -0.39 is 0 Å². The SMILES string of the molecule is N#CC1CC1C(=O)N1CC2(CCC(c3cccc4nc(NC(=O)C5CC5)nn34)CC2)C1. The number of carbonyl (C=O) groups is 2. The maximum absolute atomic E-state index is 12.5. The molecule has 4 fully saturated rings. The van der Waals surface area contributed by atoms with E-state index in [1.807, 2.05) is 21.5 Å². The smallest absolute Gasteiger partial charge is 0.249 e. The highest BCUT2D eigenvalue weighted by Gasteiger charge is 2.52. The van der Waals surface area contributed by atoms with Crippen LogP contribution in [0.2, 0.25) is 0 Å². The summed E-state index contributed by atoms with van der Waals surface area (Å²) in [6.45, 7) is 1.69. The Morgan fingerprint density at radius 2 is 1.94 bits per heavy atom. The maximum atomic E-state index is 12.5. The first-order valence-corrected chi connectivity index (χ1v) is 11.4. The molecular weight excluding hydrogens is 392 g/mol. The van der Waals surface area contributed by atoms with Crippen LogP contribution in [0.3, 0.4) is 0 Å². The van der Waals surface area contributed by atoms with Crippen LogP contribution in [-0.2, 0) is 9.59 Å². The van der Waals surface area contributed by atoms with Crippen LogP contribution in [-0.4, -0.2) is 44.4 Å². The van der Waals surface area contributed by atoms with E-state index in [1.165, 1.54) is 0 Å². The summed E-state index contributed by atoms with van der Waals surface area (Å²) in [5, 5.41) is 16.4. The number of pyridine rings is 1. The molecule has 31 heavy (non-hydrogen) atoms. The van der Waals surface area contributed by atoms with Gasteiger partial charge in [-0.05, 0) is 57.1 Å². The topological polar surface area (TPSA) is 103 Å². The number of hydrogen-bond donors (Lipinski definition) is 1. The number of nitrogens with one attached hydrogen (secondary N) is 1. The second kappa shape index (κ2) is 6.78. The van der Waals surface area contributed by atoms with Crippen LogP contribution in [0, 0.1) is 34.5 Å². The Balaban J connectivity index is 1.11. The Bertz CT molecular complexity index is 1100. The highest BCUT2D eigenvalue weighted by atomic mass is 16.2. The number of fused-ring (bicyclic) bond motifs is 1. The molecule has 3 saturated carbocycles. The standard InChI is InChI=1S/C23H26N6O2/c24-11-16-10-17(16)21(31)28-12-23(13-28)8-6-14(7-9-23)18-2-1-3-19-25-22(27-29(18)19)26-20(30)15-4-5-15/h1-3,14-17H,4-10,12-13H2,(H,26,27,30). The van der Waals surface area contributed by atoms with Crippen LogP contribution in [0.4, 0.5) is 5.95 Å². The van der Waals surface area contributed by atoms with Gasteiger partial charge in [0, 0.05) is 36.0 Å². The number of rotatable bonds is 4. The van der Waals surface area contributed by atoms with Crippen molar-refractivity contribution in [2.45, 2.75) is 50.9 Å². The Hall–Kier alpha value is -2.95. The van der Waals surface area contributed by atoms with Crippen molar-refractivity contribution in [3.05, 3.63) is 23.9 Å². The normalized spacial score (nSPS) is 27.0. The summed E-state index contributed by atoms with van der Waals surface area (Å²) in [5.41, 5.74) is 2.16. The molecule has 0 radical (unpaired) electrons. The number of aromatic nitrogens is 3. The van der Waals surface area contributed by atoms with Gasteiger partial charge in [-0.15, -0.1) is 5.10 Å². The first-order chi connectivity index (χ1) is 15.0. The van der Waals surface area contributed by atoms with Crippen molar-refractivity contribution < 1.29 is 9.59 Å². The van der Waals surface area contributed by atoms with E-state index in [0.717, 1.165) is 69.4 Å². The first-order valence-electron chi connectivity index (χ1n) is 11.4. The molecule has 4 aliphatic rings. The zero-order valence-corrected chi connectivity index (χ0v) is 17.5. The van der Waals surface area contributed by atoms with Crippen LogP contribution in [0.25, 0.3) is 5.65 Å². The lowest BCUT2D eigenvalue weighted by Crippen LogP contribution is -2.59. The molecule has 0 aromatic carbocycles. The number of amides is 2. The molecule has 2 atom stereocenters. The minimum absolute atomic E-state index is 0.0217. The monoisotopic (exact) mass is 418 g/mol. The summed E-state index contributed by atoms with van der Waals surface area (Å²) in [4.78, 5) is 31.0. The van der Waals surface area contributed by atoms with E-state index in [-0.39, 0.29) is 35.0 Å². The van der Waals surface area contributed by atoms with E-state index >= 15 is 0 Å². The van der Waals surface area contributed by atoms with E-state index in [0.29, 0.717) is 11.9 Å². The van der Waals surface area contributed by atoms with Crippen LogP contribution in [0.1, 0.15) is 56.6 Å². The Kier molecular flexibility index (Phi) is 4.11. The molecule has 8 nitrogen and oxygen atoms in total. The van der Waals surface area contributed by atoms with Crippen molar-refractivity contribution in [1.82, 2.24) is 19.5 Å². The zero-order valence-electron chi connectivity index (χ0n) is 17.5. The van der Waals surface area contributed by atoms with Gasteiger partial charge >= 0.3 is 0 Å². The minimum atomic E-state index is -0.0538. The molecule has 0 bridgehead atoms. The Morgan fingerprint density at radius 1 is 1.16 bits per heavy atom. The number of likely N-dealkylation sites (tertiary alicyclic amines) is 1. The fraction of sp³-hybridized carbons (Fsp3) is 0.609. The predicted octanol–water partition coefficient (Wildman–Crippen LogP) is 2.72. The van der Waals surface area contributed by atoms with Gasteiger partial charge in [0.25, 0.3) is 0 Å². The molecule has 2 aromatic rings. The predicted molar refractivity (Wildman–Crippen MR) is 112 cm³/mol. The van der Waals surface area contributed by atoms with Gasteiger partial charge in [-0.2, -0.15) is 10.2 Å². The van der Waals surface area contributed by atoms with Gasteiger partial charge in [-0.1, -0.05) is 6.07 Å². The molecule has 8 heteroatoms. The lowest BCUT2D eigenvalue weighted by Gasteiger charge is -2.53. The molecule has 6 rings (SSSR count). The van der Waals surface area contributed by atoms with E-state index in [4.69, 9.17) is 5.26 Å². The highest BCUT2D eigenvalue weighted by Crippen LogP contribution is 2.50. The molecule has 1 spiro atoms. The van der Waals surface area contributed by atoms with Gasteiger partial charge in [0.1, 0.15) is 0 Å². The molecular formula is C23H26N6O2. The van der Waals surface area contributed by atoms with Crippen LogP contribution < -0.4 is 5.32 Å². The fourth-order valence-corrected chi connectivity index (χ4v) is 5.45. The van der Waals surface area contributed by atoms with Gasteiger partial charge in [-0.25, -0.2) is 4.52 Å². The number of nitriles is 1. The number of carbonyl (C=O) groups excluding carboxylic acids is 2. The van der Waals surface area contributed by atoms with Gasteiger partial charge in [0.05, 0.1) is 17.9 Å². The quantitative estimate of drug-likeness (QED) is 0.822. The van der Waals surface area contributed by atoms with Crippen molar-refractivity contribution in [2.75, 3.05) is 18.4 Å². The molecule has 160 valence electrons. The summed E-state index contributed by atoms with van der Waals surface area (Å²) in [6.07, 6.45) is 6.98. The van der Waals surface area contributed by atoms with Gasteiger partial charge in [0.15, 0.2) is 5.65 Å². The number of hydrogen-bond acceptors (Lipinski definition) is 5. The number of nitrogens with zero attached hydrogens (tertiary/aromatic N) is 5. The van der Waals surface area contributed by atoms with Crippen LogP contribution in [0.5, 0.6) is 0 Å². The van der Waals surface area contributed by atoms with E-state index in [9.17, 15) is 9.59 Å². The molecule has 1 aliphatic heterocycles. The molecule has 2 amide bonds. The van der Waals surface area contributed by atoms with Gasteiger partial charge in [0.2, 0.25) is 17.8 Å². The largest absolute Gasteiger partial charge is 0.341 e. The molecule has 1 N–H and O–H groups in total. The van der Waals surface area contributed by atoms with Gasteiger partial charge < -0.3 is 4.90 Å². The number of anilines is 1. The van der Waals surface area contributed by atoms with E-state index in [1.54, 1.807) is 0 Å². The Labute approximate surface area is 180 Å². The van der Waals surface area contributed by atoms with Gasteiger partial charge in [-0.3, -0.25) is 14.9 Å². The second-order valence-corrected chi connectivity index (χ2v) is 9.97. The summed E-state index contributed by atoms with van der Waals surface area (Å²) < 4.78 is 1.89. The lowest BCUT2D eigenvalue weighted by molar-refractivity contribution is -0.147. The molecule has 3 aliphatic carbocycles. The lowest BCUT2D eigenvalue weighted by atomic mass is 9.65. The van der Waals surface area contributed by atoms with Crippen molar-refractivity contribution in [3.63, 3.8) is 0 Å². The molecule has 1 saturated heterocycles. The van der Waals surface area contributed by atoms with Crippen molar-refractivity contribution in [1.29, 1.82) is 5.26 Å². The van der Waals surface area contributed by atoms with Crippen molar-refractivity contribution in [3.8, 4) is 6.07 Å². The highest BCUT2D eigenvalue weighted by molar-refractivity contribution is 5.92. The minimum Gasteiger partial charge on any atom is -0.341 e. The average Bonchev–Trinajstić information content (AvgIpc) is 3.67. The first kappa shape index (κ1) is 18.8. The third-order valence-corrected chi connectivity index (χ3v) is 7.67. The molecule has 2 aromatic heterocycles. The average molecular weight is 419 g/mol. The summed E-state index contributed by atoms with van der Waals surface area (Å²) in [7, 11) is 0. The third kappa shape index (κ3) is 3.27. The molecule has 2 unspecified atom stereocenters. The fourth-order valence-electron chi connectivity index (χ4n) is 5.45. The third-order valence-electron chi connectivity index (χ3n) is 7.67. The summed E-state index contributed by atoms with van der Waals surface area (Å²) in [5.74, 6) is 1.03. The summed E-state index contributed by atoms with van der Waals surface area (Å²) in [6, 6.07) is 8.27. The maximum Gasteiger partial charge on any atom is 0.249 e. The Morgan fingerprint density at radius 3 is 2.61 bits per heavy atom. The van der Waals surface area contributed by atoms with Crippen LogP contribution in [0.15, 0.2) is 18.2 Å². The molecule has 3 heterocycles.